The molecule has 7 nitrogen and oxygen atoms in total. The molecule has 0 saturated carbocycles. The van der Waals surface area contributed by atoms with Gasteiger partial charge in [-0.15, -0.1) is 0 Å². The molecule has 3 N–H and O–H groups in total. The lowest BCUT2D eigenvalue weighted by Gasteiger charge is -2.11. The van der Waals surface area contributed by atoms with E-state index in [2.05, 4.69) is 4.98 Å². The molecule has 0 aromatic carbocycles. The maximum atomic E-state index is 11.5. The summed E-state index contributed by atoms with van der Waals surface area (Å²) in [6.45, 7) is 0. The fourth-order valence-electron chi connectivity index (χ4n) is 0.832. The normalized spacial score (nSPS) is 11.4. The van der Waals surface area contributed by atoms with Crippen LogP contribution in [-0.2, 0) is 10.2 Å². The number of hydrogen-bond acceptors (Lipinski definition) is 5. The highest BCUT2D eigenvalue weighted by Gasteiger charge is 2.18. The molecule has 8 heteroatoms. The molecule has 0 fully saturated rings. The first-order chi connectivity index (χ1) is 7.33. The highest BCUT2D eigenvalue weighted by atomic mass is 32.2. The Hall–Kier alpha value is -1.67. The van der Waals surface area contributed by atoms with Crippen LogP contribution >= 0.6 is 0 Å². The molecule has 0 atom stereocenters. The lowest BCUT2D eigenvalue weighted by atomic mass is 10.3. The van der Waals surface area contributed by atoms with Crippen LogP contribution in [0.5, 0.6) is 0 Å². The summed E-state index contributed by atoms with van der Waals surface area (Å²) in [5, 5.41) is 0. The van der Waals surface area contributed by atoms with Crippen LogP contribution < -0.4 is 10.5 Å². The molecule has 0 aliphatic rings. The number of nitrogens with two attached hydrogens (primary N) is 1. The van der Waals surface area contributed by atoms with Crippen molar-refractivity contribution >= 4 is 21.8 Å². The van der Waals surface area contributed by atoms with Crippen molar-refractivity contribution < 1.29 is 13.2 Å². The molecule has 0 spiro atoms. The molecule has 0 aliphatic heterocycles. The lowest BCUT2D eigenvalue weighted by molar-refractivity contribution is 0.0975. The fourth-order valence-corrected chi connectivity index (χ4v) is 1.35. The van der Waals surface area contributed by atoms with E-state index in [4.69, 9.17) is 5.73 Å². The number of rotatable bonds is 3. The van der Waals surface area contributed by atoms with Crippen LogP contribution in [0.25, 0.3) is 0 Å². The van der Waals surface area contributed by atoms with Gasteiger partial charge in [0.25, 0.3) is 5.91 Å². The van der Waals surface area contributed by atoms with Gasteiger partial charge in [-0.2, -0.15) is 12.7 Å². The van der Waals surface area contributed by atoms with E-state index in [9.17, 15) is 13.2 Å². The predicted octanol–water partition coefficient (Wildman–Crippen LogP) is -0.800. The maximum absolute atomic E-state index is 11.5. The van der Waals surface area contributed by atoms with Crippen molar-refractivity contribution in [2.75, 3.05) is 19.8 Å². The van der Waals surface area contributed by atoms with Crippen LogP contribution in [0.1, 0.15) is 10.5 Å². The van der Waals surface area contributed by atoms with E-state index in [1.165, 1.54) is 32.4 Å². The molecule has 1 aromatic rings. The number of nitrogen functional groups attached to an aromatic ring is 1. The van der Waals surface area contributed by atoms with E-state index >= 15 is 0 Å². The van der Waals surface area contributed by atoms with Gasteiger partial charge in [-0.1, -0.05) is 0 Å². The van der Waals surface area contributed by atoms with E-state index in [0.29, 0.717) is 5.69 Å². The SMILES string of the molecule is CN(C)S(=O)(=O)NC(=O)c1cc(N)ccn1. The lowest BCUT2D eigenvalue weighted by Crippen LogP contribution is -2.39. The third-order valence-corrected chi connectivity index (χ3v) is 3.12. The number of carbonyl (C=O) groups excluding carboxylic acids is 1. The van der Waals surface area contributed by atoms with Gasteiger partial charge in [-0.3, -0.25) is 9.78 Å². The molecular weight excluding hydrogens is 232 g/mol. The number of anilines is 1. The fraction of sp³-hybridized carbons (Fsp3) is 0.250. The Kier molecular flexibility index (Phi) is 3.45. The van der Waals surface area contributed by atoms with Crippen LogP contribution in [0, 0.1) is 0 Å². The zero-order chi connectivity index (χ0) is 12.3. The van der Waals surface area contributed by atoms with Crippen LogP contribution in [-0.4, -0.2) is 37.7 Å². The summed E-state index contributed by atoms with van der Waals surface area (Å²) in [5.41, 5.74) is 5.73. The highest BCUT2D eigenvalue weighted by molar-refractivity contribution is 7.87. The van der Waals surface area contributed by atoms with Crippen LogP contribution in [0.2, 0.25) is 0 Å². The Balaban J connectivity index is 2.90. The van der Waals surface area contributed by atoms with Crippen LogP contribution in [0.4, 0.5) is 5.69 Å². The van der Waals surface area contributed by atoms with E-state index in [1.54, 1.807) is 0 Å². The third-order valence-electron chi connectivity index (χ3n) is 1.72. The maximum Gasteiger partial charge on any atom is 0.303 e. The summed E-state index contributed by atoms with van der Waals surface area (Å²) < 4.78 is 25.4. The average Bonchev–Trinajstić information content (AvgIpc) is 2.16. The summed E-state index contributed by atoms with van der Waals surface area (Å²) in [5.74, 6) is -0.819. The smallest absolute Gasteiger partial charge is 0.303 e. The Labute approximate surface area is 93.5 Å². The Bertz CT molecular complexity index is 498. The van der Waals surface area contributed by atoms with Crippen molar-refractivity contribution in [3.8, 4) is 0 Å². The summed E-state index contributed by atoms with van der Waals surface area (Å²) in [4.78, 5) is 15.2. The molecule has 16 heavy (non-hydrogen) atoms. The van der Waals surface area contributed by atoms with Crippen molar-refractivity contribution in [2.24, 2.45) is 0 Å². The first-order valence-electron chi connectivity index (χ1n) is 4.29. The number of nitrogens with one attached hydrogen (secondary N) is 1. The van der Waals surface area contributed by atoms with Gasteiger partial charge in [0.2, 0.25) is 0 Å². The van der Waals surface area contributed by atoms with E-state index in [1.807, 2.05) is 4.72 Å². The number of amides is 1. The second kappa shape index (κ2) is 4.45. The Morgan fingerprint density at radius 3 is 2.62 bits per heavy atom. The van der Waals surface area contributed by atoms with Gasteiger partial charge >= 0.3 is 10.2 Å². The topological polar surface area (TPSA) is 105 Å². The molecule has 1 rings (SSSR count). The monoisotopic (exact) mass is 244 g/mol. The van der Waals surface area contributed by atoms with Gasteiger partial charge in [0.05, 0.1) is 0 Å². The van der Waals surface area contributed by atoms with Crippen molar-refractivity contribution in [2.45, 2.75) is 0 Å². The average molecular weight is 244 g/mol. The van der Waals surface area contributed by atoms with E-state index in [-0.39, 0.29) is 5.69 Å². The predicted molar refractivity (Wildman–Crippen MR) is 58.7 cm³/mol. The van der Waals surface area contributed by atoms with Gasteiger partial charge in [-0.05, 0) is 12.1 Å². The molecular formula is C8H12N4O3S. The van der Waals surface area contributed by atoms with Crippen molar-refractivity contribution in [3.63, 3.8) is 0 Å². The first kappa shape index (κ1) is 12.4. The molecule has 88 valence electrons. The van der Waals surface area contributed by atoms with Gasteiger partial charge < -0.3 is 5.73 Å². The highest BCUT2D eigenvalue weighted by Crippen LogP contribution is 2.03. The van der Waals surface area contributed by atoms with Gasteiger partial charge in [0.1, 0.15) is 5.69 Å². The van der Waals surface area contributed by atoms with Gasteiger partial charge in [-0.25, -0.2) is 4.72 Å². The number of hydrogen-bond donors (Lipinski definition) is 2. The summed E-state index contributed by atoms with van der Waals surface area (Å²) >= 11 is 0. The Morgan fingerprint density at radius 2 is 2.12 bits per heavy atom. The zero-order valence-electron chi connectivity index (χ0n) is 8.84. The zero-order valence-corrected chi connectivity index (χ0v) is 9.65. The Morgan fingerprint density at radius 1 is 1.50 bits per heavy atom. The minimum absolute atomic E-state index is 0.0505. The minimum Gasteiger partial charge on any atom is -0.399 e. The molecule has 1 amide bonds. The second-order valence-electron chi connectivity index (χ2n) is 3.19. The molecule has 1 heterocycles. The van der Waals surface area contributed by atoms with Gasteiger partial charge in [0, 0.05) is 26.0 Å². The summed E-state index contributed by atoms with van der Waals surface area (Å²) in [6, 6.07) is 2.79. The first-order valence-corrected chi connectivity index (χ1v) is 5.73. The molecule has 0 unspecified atom stereocenters. The third kappa shape index (κ3) is 2.91. The molecule has 0 radical (unpaired) electrons. The number of nitrogens with zero attached hydrogens (tertiary/aromatic N) is 2. The van der Waals surface area contributed by atoms with E-state index < -0.39 is 16.1 Å². The largest absolute Gasteiger partial charge is 0.399 e. The number of aromatic nitrogens is 1. The van der Waals surface area contributed by atoms with Crippen molar-refractivity contribution in [1.82, 2.24) is 14.0 Å². The summed E-state index contributed by atoms with van der Waals surface area (Å²) in [7, 11) is -1.19. The van der Waals surface area contributed by atoms with Gasteiger partial charge in [0.15, 0.2) is 0 Å². The number of carbonyl (C=O) groups is 1. The van der Waals surface area contributed by atoms with Crippen molar-refractivity contribution in [3.05, 3.63) is 24.0 Å². The van der Waals surface area contributed by atoms with Crippen molar-refractivity contribution in [1.29, 1.82) is 0 Å². The summed E-state index contributed by atoms with van der Waals surface area (Å²) in [6.07, 6.45) is 1.33. The van der Waals surface area contributed by atoms with E-state index in [0.717, 1.165) is 4.31 Å². The second-order valence-corrected chi connectivity index (χ2v) is 5.08. The molecule has 0 aliphatic carbocycles. The number of pyridine rings is 1. The van der Waals surface area contributed by atoms with Crippen LogP contribution in [0.3, 0.4) is 0 Å². The quantitative estimate of drug-likeness (QED) is 0.724. The minimum atomic E-state index is -3.81. The molecule has 1 aromatic heterocycles. The molecule has 0 saturated heterocycles. The van der Waals surface area contributed by atoms with Crippen LogP contribution in [0.15, 0.2) is 18.3 Å². The standard InChI is InChI=1S/C8H12N4O3S/c1-12(2)16(14,15)11-8(13)7-5-6(9)3-4-10-7/h3-5H,1-2H3,(H2,9,10)(H,11,13). The molecule has 0 bridgehead atoms.